The summed E-state index contributed by atoms with van der Waals surface area (Å²) in [4.78, 5) is 24.3. The summed E-state index contributed by atoms with van der Waals surface area (Å²) in [5, 5.41) is 5.40. The van der Waals surface area contributed by atoms with E-state index in [4.69, 9.17) is 4.74 Å². The molecule has 2 aromatic rings. The van der Waals surface area contributed by atoms with E-state index in [1.54, 1.807) is 18.2 Å². The third-order valence-corrected chi connectivity index (χ3v) is 3.70. The smallest absolute Gasteiger partial charge is 0.251 e. The quantitative estimate of drug-likeness (QED) is 0.846. The van der Waals surface area contributed by atoms with Crippen LogP contribution in [0.4, 0.5) is 5.69 Å². The van der Waals surface area contributed by atoms with Gasteiger partial charge in [-0.2, -0.15) is 0 Å². The molecule has 0 atom stereocenters. The van der Waals surface area contributed by atoms with E-state index in [-0.39, 0.29) is 24.5 Å². The first-order chi connectivity index (χ1) is 11.9. The van der Waals surface area contributed by atoms with Crippen LogP contribution in [0.1, 0.15) is 35.3 Å². The normalized spacial score (nSPS) is 10.4. The fraction of sp³-hybridized carbons (Fsp3) is 0.300. The van der Waals surface area contributed by atoms with E-state index < -0.39 is 0 Å². The molecular weight excluding hydrogens is 316 g/mol. The SMILES string of the molecule is Cc1ccc(C(=O)NCC(=O)Nc2ccccc2OC(C)C)cc1C. The van der Waals surface area contributed by atoms with E-state index in [0.717, 1.165) is 11.1 Å². The fourth-order valence-corrected chi connectivity index (χ4v) is 2.27. The molecule has 2 amide bonds. The van der Waals surface area contributed by atoms with Gasteiger partial charge in [-0.05, 0) is 63.1 Å². The van der Waals surface area contributed by atoms with Gasteiger partial charge < -0.3 is 15.4 Å². The molecule has 0 heterocycles. The van der Waals surface area contributed by atoms with Crippen molar-refractivity contribution in [3.63, 3.8) is 0 Å². The van der Waals surface area contributed by atoms with Gasteiger partial charge in [-0.25, -0.2) is 0 Å². The molecule has 0 aliphatic carbocycles. The van der Waals surface area contributed by atoms with Gasteiger partial charge in [0.25, 0.3) is 5.91 Å². The molecule has 0 saturated carbocycles. The van der Waals surface area contributed by atoms with Gasteiger partial charge in [-0.15, -0.1) is 0 Å². The first kappa shape index (κ1) is 18.5. The van der Waals surface area contributed by atoms with Crippen molar-refractivity contribution in [3.8, 4) is 5.75 Å². The summed E-state index contributed by atoms with van der Waals surface area (Å²) >= 11 is 0. The minimum Gasteiger partial charge on any atom is -0.489 e. The van der Waals surface area contributed by atoms with Crippen LogP contribution in [0.15, 0.2) is 42.5 Å². The van der Waals surface area contributed by atoms with Gasteiger partial charge in [-0.1, -0.05) is 18.2 Å². The maximum Gasteiger partial charge on any atom is 0.251 e. The number of aryl methyl sites for hydroxylation is 2. The zero-order chi connectivity index (χ0) is 18.4. The van der Waals surface area contributed by atoms with Crippen LogP contribution in [0.2, 0.25) is 0 Å². The number of benzene rings is 2. The Balaban J connectivity index is 1.94. The number of rotatable bonds is 6. The molecule has 0 aromatic heterocycles. The summed E-state index contributed by atoms with van der Waals surface area (Å²) in [7, 11) is 0. The zero-order valence-electron chi connectivity index (χ0n) is 15.1. The number of anilines is 1. The molecule has 132 valence electrons. The summed E-state index contributed by atoms with van der Waals surface area (Å²) in [5.74, 6) is 0.0216. The number of amides is 2. The molecule has 0 spiro atoms. The molecule has 0 aliphatic rings. The monoisotopic (exact) mass is 340 g/mol. The average molecular weight is 340 g/mol. The van der Waals surface area contributed by atoms with Crippen LogP contribution < -0.4 is 15.4 Å². The van der Waals surface area contributed by atoms with Crippen LogP contribution in [0.5, 0.6) is 5.75 Å². The first-order valence-corrected chi connectivity index (χ1v) is 8.28. The van der Waals surface area contributed by atoms with Crippen molar-refractivity contribution in [2.75, 3.05) is 11.9 Å². The second-order valence-corrected chi connectivity index (χ2v) is 6.19. The molecule has 0 fully saturated rings. The first-order valence-electron chi connectivity index (χ1n) is 8.28. The van der Waals surface area contributed by atoms with Crippen LogP contribution in [0.3, 0.4) is 0 Å². The molecule has 2 aromatic carbocycles. The number of ether oxygens (including phenoxy) is 1. The van der Waals surface area contributed by atoms with Gasteiger partial charge in [-0.3, -0.25) is 9.59 Å². The molecule has 5 nitrogen and oxygen atoms in total. The van der Waals surface area contributed by atoms with E-state index in [9.17, 15) is 9.59 Å². The van der Waals surface area contributed by atoms with Gasteiger partial charge in [0.1, 0.15) is 5.75 Å². The van der Waals surface area contributed by atoms with E-state index >= 15 is 0 Å². The molecule has 25 heavy (non-hydrogen) atoms. The lowest BCUT2D eigenvalue weighted by Gasteiger charge is -2.15. The van der Waals surface area contributed by atoms with Crippen molar-refractivity contribution in [3.05, 3.63) is 59.2 Å². The molecular formula is C20H24N2O3. The van der Waals surface area contributed by atoms with E-state index in [1.807, 2.05) is 52.0 Å². The Hall–Kier alpha value is -2.82. The predicted molar refractivity (Wildman–Crippen MR) is 99.1 cm³/mol. The molecule has 5 heteroatoms. The van der Waals surface area contributed by atoms with Crippen LogP contribution in [0, 0.1) is 13.8 Å². The highest BCUT2D eigenvalue weighted by Gasteiger charge is 2.11. The van der Waals surface area contributed by atoms with Crippen molar-refractivity contribution < 1.29 is 14.3 Å². The number of hydrogen-bond donors (Lipinski definition) is 2. The Morgan fingerprint density at radius 2 is 1.76 bits per heavy atom. The number of hydrogen-bond acceptors (Lipinski definition) is 3. The van der Waals surface area contributed by atoms with Gasteiger partial charge in [0.2, 0.25) is 5.91 Å². The summed E-state index contributed by atoms with van der Waals surface area (Å²) in [5.41, 5.74) is 3.29. The second-order valence-electron chi connectivity index (χ2n) is 6.19. The van der Waals surface area contributed by atoms with E-state index in [0.29, 0.717) is 17.0 Å². The Bertz CT molecular complexity index is 769. The maximum absolute atomic E-state index is 12.2. The molecule has 0 bridgehead atoms. The third-order valence-electron chi connectivity index (χ3n) is 3.70. The van der Waals surface area contributed by atoms with Gasteiger partial charge in [0.05, 0.1) is 18.3 Å². The van der Waals surface area contributed by atoms with Crippen LogP contribution in [0.25, 0.3) is 0 Å². The van der Waals surface area contributed by atoms with Crippen LogP contribution >= 0.6 is 0 Å². The van der Waals surface area contributed by atoms with Gasteiger partial charge in [0.15, 0.2) is 0 Å². The predicted octanol–water partition coefficient (Wildman–Crippen LogP) is 3.46. The molecule has 0 radical (unpaired) electrons. The summed E-state index contributed by atoms with van der Waals surface area (Å²) in [6, 6.07) is 12.7. The number of carbonyl (C=O) groups excluding carboxylic acids is 2. The third kappa shape index (κ3) is 5.35. The molecule has 0 aliphatic heterocycles. The highest BCUT2D eigenvalue weighted by Crippen LogP contribution is 2.24. The lowest BCUT2D eigenvalue weighted by molar-refractivity contribution is -0.115. The van der Waals surface area contributed by atoms with Crippen molar-refractivity contribution in [2.45, 2.75) is 33.8 Å². The Kier molecular flexibility index (Phi) is 6.17. The average Bonchev–Trinajstić information content (AvgIpc) is 2.56. The van der Waals surface area contributed by atoms with Crippen molar-refractivity contribution in [1.82, 2.24) is 5.32 Å². The van der Waals surface area contributed by atoms with Crippen LogP contribution in [-0.4, -0.2) is 24.5 Å². The zero-order valence-corrected chi connectivity index (χ0v) is 15.1. The highest BCUT2D eigenvalue weighted by molar-refractivity contribution is 5.99. The molecule has 0 unspecified atom stereocenters. The summed E-state index contributed by atoms with van der Waals surface area (Å²) in [6.07, 6.45) is 0.00234. The van der Waals surface area contributed by atoms with Crippen molar-refractivity contribution in [2.24, 2.45) is 0 Å². The standard InChI is InChI=1S/C20H24N2O3/c1-13(2)25-18-8-6-5-7-17(18)22-19(23)12-21-20(24)16-10-9-14(3)15(4)11-16/h5-11,13H,12H2,1-4H3,(H,21,24)(H,22,23). The molecule has 2 rings (SSSR count). The Morgan fingerprint density at radius 1 is 1.04 bits per heavy atom. The van der Waals surface area contributed by atoms with E-state index in [1.165, 1.54) is 0 Å². The topological polar surface area (TPSA) is 67.4 Å². The largest absolute Gasteiger partial charge is 0.489 e. The summed E-state index contributed by atoms with van der Waals surface area (Å²) in [6.45, 7) is 7.66. The highest BCUT2D eigenvalue weighted by atomic mass is 16.5. The molecule has 2 N–H and O–H groups in total. The Labute approximate surface area is 148 Å². The minimum absolute atomic E-state index is 0.00234. The fourth-order valence-electron chi connectivity index (χ4n) is 2.27. The number of nitrogens with one attached hydrogen (secondary N) is 2. The molecule has 0 saturated heterocycles. The second kappa shape index (κ2) is 8.33. The number of para-hydroxylation sites is 2. The van der Waals surface area contributed by atoms with E-state index in [2.05, 4.69) is 10.6 Å². The number of carbonyl (C=O) groups is 2. The maximum atomic E-state index is 12.2. The summed E-state index contributed by atoms with van der Waals surface area (Å²) < 4.78 is 5.66. The van der Waals surface area contributed by atoms with Gasteiger partial charge in [0, 0.05) is 5.56 Å². The van der Waals surface area contributed by atoms with Crippen LogP contribution in [-0.2, 0) is 4.79 Å². The van der Waals surface area contributed by atoms with Gasteiger partial charge >= 0.3 is 0 Å². The lowest BCUT2D eigenvalue weighted by Crippen LogP contribution is -2.33. The van der Waals surface area contributed by atoms with Crippen molar-refractivity contribution >= 4 is 17.5 Å². The minimum atomic E-state index is -0.308. The Morgan fingerprint density at radius 3 is 2.44 bits per heavy atom. The lowest BCUT2D eigenvalue weighted by atomic mass is 10.1. The van der Waals surface area contributed by atoms with Crippen molar-refractivity contribution in [1.29, 1.82) is 0 Å².